The highest BCUT2D eigenvalue weighted by Crippen LogP contribution is 2.33. The van der Waals surface area contributed by atoms with Crippen LogP contribution in [0.15, 0.2) is 36.4 Å². The summed E-state index contributed by atoms with van der Waals surface area (Å²) < 4.78 is 40.4. The molecule has 0 bridgehead atoms. The molecule has 2 aromatic rings. The SMILES string of the molecule is CCCCCCCCCCCCOc1ccc(C#Cc2ccc(OC(=O)C3CCC(CCCCC)CC3)cc2)c(F)c1F. The number of hydrogen-bond donors (Lipinski definition) is 0. The van der Waals surface area contributed by atoms with Crippen LogP contribution in [-0.2, 0) is 4.79 Å². The number of carbonyl (C=O) groups excluding carboxylic acids is 1. The summed E-state index contributed by atoms with van der Waals surface area (Å²) >= 11 is 0. The normalized spacial score (nSPS) is 16.4. The molecule has 0 aromatic heterocycles. The molecule has 1 saturated carbocycles. The number of rotatable bonds is 18. The van der Waals surface area contributed by atoms with Crippen molar-refractivity contribution in [3.8, 4) is 23.3 Å². The summed E-state index contributed by atoms with van der Waals surface area (Å²) in [5.74, 6) is 4.51. The first-order chi connectivity index (χ1) is 21.0. The van der Waals surface area contributed by atoms with Gasteiger partial charge in [-0.05, 0) is 74.4 Å². The minimum Gasteiger partial charge on any atom is -0.490 e. The lowest BCUT2D eigenvalue weighted by Gasteiger charge is -2.27. The van der Waals surface area contributed by atoms with Crippen LogP contribution in [0.2, 0.25) is 0 Å². The van der Waals surface area contributed by atoms with Crippen LogP contribution in [0.25, 0.3) is 0 Å². The number of benzene rings is 2. The van der Waals surface area contributed by atoms with Crippen LogP contribution in [0.1, 0.15) is 141 Å². The molecule has 1 aliphatic rings. The van der Waals surface area contributed by atoms with Gasteiger partial charge in [-0.25, -0.2) is 4.39 Å². The largest absolute Gasteiger partial charge is 0.490 e. The summed E-state index contributed by atoms with van der Waals surface area (Å²) in [5.41, 5.74) is 0.595. The van der Waals surface area contributed by atoms with Gasteiger partial charge in [0, 0.05) is 5.56 Å². The summed E-state index contributed by atoms with van der Waals surface area (Å²) in [7, 11) is 0. The van der Waals surface area contributed by atoms with E-state index in [4.69, 9.17) is 9.47 Å². The summed E-state index contributed by atoms with van der Waals surface area (Å²) in [5, 5.41) is 0. The van der Waals surface area contributed by atoms with Crippen molar-refractivity contribution in [2.75, 3.05) is 6.61 Å². The number of ether oxygens (including phenoxy) is 2. The van der Waals surface area contributed by atoms with Gasteiger partial charge in [0.05, 0.1) is 18.1 Å². The van der Waals surface area contributed by atoms with E-state index in [1.165, 1.54) is 82.8 Å². The highest BCUT2D eigenvalue weighted by Gasteiger charge is 2.27. The Labute approximate surface area is 259 Å². The fourth-order valence-corrected chi connectivity index (χ4v) is 5.83. The molecule has 0 amide bonds. The Hall–Kier alpha value is -2.87. The molecule has 43 heavy (non-hydrogen) atoms. The van der Waals surface area contributed by atoms with Crippen LogP contribution in [-0.4, -0.2) is 12.6 Å². The van der Waals surface area contributed by atoms with E-state index in [-0.39, 0.29) is 23.2 Å². The molecule has 0 N–H and O–H groups in total. The molecule has 236 valence electrons. The van der Waals surface area contributed by atoms with E-state index in [0.29, 0.717) is 17.9 Å². The van der Waals surface area contributed by atoms with Gasteiger partial charge in [-0.3, -0.25) is 4.79 Å². The van der Waals surface area contributed by atoms with Crippen LogP contribution >= 0.6 is 0 Å². The molecule has 0 heterocycles. The number of halogens is 2. The van der Waals surface area contributed by atoms with Crippen LogP contribution in [0.5, 0.6) is 11.5 Å². The highest BCUT2D eigenvalue weighted by molar-refractivity contribution is 5.75. The Morgan fingerprint density at radius 1 is 0.721 bits per heavy atom. The average molecular weight is 595 g/mol. The van der Waals surface area contributed by atoms with E-state index in [2.05, 4.69) is 25.7 Å². The zero-order chi connectivity index (χ0) is 30.7. The first-order valence-corrected chi connectivity index (χ1v) is 17.0. The van der Waals surface area contributed by atoms with Crippen LogP contribution < -0.4 is 9.47 Å². The highest BCUT2D eigenvalue weighted by atomic mass is 19.2. The molecule has 5 heteroatoms. The van der Waals surface area contributed by atoms with Crippen molar-refractivity contribution in [3.05, 3.63) is 59.2 Å². The maximum Gasteiger partial charge on any atom is 0.314 e. The molecule has 3 rings (SSSR count). The molecular weight excluding hydrogens is 542 g/mol. The van der Waals surface area contributed by atoms with Gasteiger partial charge in [0.15, 0.2) is 11.6 Å². The fourth-order valence-electron chi connectivity index (χ4n) is 5.83. The van der Waals surface area contributed by atoms with E-state index >= 15 is 0 Å². The third-order valence-corrected chi connectivity index (χ3v) is 8.61. The second-order valence-electron chi connectivity index (χ2n) is 12.2. The van der Waals surface area contributed by atoms with Gasteiger partial charge in [-0.2, -0.15) is 4.39 Å². The van der Waals surface area contributed by atoms with E-state index in [0.717, 1.165) is 50.9 Å². The van der Waals surface area contributed by atoms with Crippen molar-refractivity contribution < 1.29 is 23.0 Å². The summed E-state index contributed by atoms with van der Waals surface area (Å²) in [6.07, 6.45) is 21.1. The van der Waals surface area contributed by atoms with Crippen LogP contribution in [0, 0.1) is 35.3 Å². The minimum atomic E-state index is -1.00. The number of esters is 1. The van der Waals surface area contributed by atoms with Gasteiger partial charge in [0.25, 0.3) is 0 Å². The molecule has 3 nitrogen and oxygen atoms in total. The van der Waals surface area contributed by atoms with Gasteiger partial charge >= 0.3 is 5.97 Å². The van der Waals surface area contributed by atoms with Gasteiger partial charge in [0.1, 0.15) is 5.75 Å². The van der Waals surface area contributed by atoms with Crippen molar-refractivity contribution in [3.63, 3.8) is 0 Å². The maximum absolute atomic E-state index is 14.7. The van der Waals surface area contributed by atoms with Gasteiger partial charge in [-0.15, -0.1) is 0 Å². The van der Waals surface area contributed by atoms with Crippen molar-refractivity contribution in [2.24, 2.45) is 11.8 Å². The summed E-state index contributed by atoms with van der Waals surface area (Å²) in [6.45, 7) is 4.82. The Bertz CT molecular complexity index is 1140. The topological polar surface area (TPSA) is 35.5 Å². The number of hydrogen-bond acceptors (Lipinski definition) is 3. The van der Waals surface area contributed by atoms with E-state index < -0.39 is 11.6 Å². The first kappa shape index (κ1) is 34.6. The standard InChI is InChI=1S/C38H52F2O3/c1-3-5-7-8-9-10-11-12-13-15-29-42-35-28-25-32(36(39)37(35)40)22-17-31-20-26-34(27-21-31)43-38(41)33-23-18-30(19-24-33)16-14-6-4-2/h20-21,25-28,30,33H,3-16,18-19,23-24,29H2,1-2H3. The van der Waals surface area contributed by atoms with Crippen molar-refractivity contribution in [2.45, 2.75) is 129 Å². The van der Waals surface area contributed by atoms with E-state index in [9.17, 15) is 13.6 Å². The summed E-state index contributed by atoms with van der Waals surface area (Å²) in [4.78, 5) is 12.7. The second-order valence-corrected chi connectivity index (χ2v) is 12.2. The number of unbranched alkanes of at least 4 members (excludes halogenated alkanes) is 11. The lowest BCUT2D eigenvalue weighted by atomic mass is 9.80. The summed E-state index contributed by atoms with van der Waals surface area (Å²) in [6, 6.07) is 9.73. The third kappa shape index (κ3) is 12.7. The fraction of sp³-hybridized carbons (Fsp3) is 0.605. The Morgan fingerprint density at radius 2 is 1.33 bits per heavy atom. The molecule has 0 radical (unpaired) electrons. The van der Waals surface area contributed by atoms with Gasteiger partial charge < -0.3 is 9.47 Å². The first-order valence-electron chi connectivity index (χ1n) is 17.0. The van der Waals surface area contributed by atoms with Crippen molar-refractivity contribution >= 4 is 5.97 Å². The van der Waals surface area contributed by atoms with E-state index in [1.54, 1.807) is 24.3 Å². The third-order valence-electron chi connectivity index (χ3n) is 8.61. The molecule has 2 aromatic carbocycles. The lowest BCUT2D eigenvalue weighted by Crippen LogP contribution is -2.25. The van der Waals surface area contributed by atoms with Gasteiger partial charge in [-0.1, -0.05) is 109 Å². The maximum atomic E-state index is 14.7. The second kappa shape index (κ2) is 20.2. The Balaban J connectivity index is 1.38. The minimum absolute atomic E-state index is 0.0235. The van der Waals surface area contributed by atoms with Crippen molar-refractivity contribution in [1.82, 2.24) is 0 Å². The Morgan fingerprint density at radius 3 is 1.98 bits per heavy atom. The monoisotopic (exact) mass is 594 g/mol. The van der Waals surface area contributed by atoms with Crippen molar-refractivity contribution in [1.29, 1.82) is 0 Å². The van der Waals surface area contributed by atoms with E-state index in [1.807, 2.05) is 0 Å². The zero-order valence-corrected chi connectivity index (χ0v) is 26.5. The molecule has 0 unspecified atom stereocenters. The average Bonchev–Trinajstić information content (AvgIpc) is 3.02. The predicted octanol–water partition coefficient (Wildman–Crippen LogP) is 11.0. The number of carbonyl (C=O) groups is 1. The quantitative estimate of drug-likeness (QED) is 0.0745. The molecule has 0 saturated heterocycles. The molecule has 1 aliphatic carbocycles. The zero-order valence-electron chi connectivity index (χ0n) is 26.5. The molecule has 1 fully saturated rings. The Kier molecular flexibility index (Phi) is 16.2. The van der Waals surface area contributed by atoms with Crippen LogP contribution in [0.4, 0.5) is 8.78 Å². The van der Waals surface area contributed by atoms with Gasteiger partial charge in [0.2, 0.25) is 5.82 Å². The lowest BCUT2D eigenvalue weighted by molar-refractivity contribution is -0.140. The molecule has 0 aliphatic heterocycles. The molecule has 0 spiro atoms. The molecular formula is C38H52F2O3. The van der Waals surface area contributed by atoms with Crippen LogP contribution in [0.3, 0.4) is 0 Å². The smallest absolute Gasteiger partial charge is 0.314 e. The predicted molar refractivity (Wildman–Crippen MR) is 171 cm³/mol. The molecule has 0 atom stereocenters.